The van der Waals surface area contributed by atoms with Crippen LogP contribution in [-0.2, 0) is 6.18 Å². The summed E-state index contributed by atoms with van der Waals surface area (Å²) in [6.07, 6.45) is -2.34. The highest BCUT2D eigenvalue weighted by Gasteiger charge is 2.35. The van der Waals surface area contributed by atoms with Crippen LogP contribution in [0.5, 0.6) is 0 Å². The minimum Gasteiger partial charge on any atom is -0.320 e. The van der Waals surface area contributed by atoms with E-state index in [0.717, 1.165) is 18.5 Å². The molecule has 2 aromatic rings. The van der Waals surface area contributed by atoms with Crippen LogP contribution in [0.3, 0.4) is 0 Å². The number of hydrogen-bond donors (Lipinski definition) is 1. The van der Waals surface area contributed by atoms with Crippen LogP contribution in [0.25, 0.3) is 0 Å². The number of halogens is 5. The lowest BCUT2D eigenvalue weighted by Crippen LogP contribution is -2.19. The summed E-state index contributed by atoms with van der Waals surface area (Å²) >= 11 is 11.7. The Bertz CT molecular complexity index is 629. The van der Waals surface area contributed by atoms with Crippen LogP contribution in [0.2, 0.25) is 10.0 Å². The van der Waals surface area contributed by atoms with Crippen LogP contribution in [0.4, 0.5) is 13.2 Å². The van der Waals surface area contributed by atoms with E-state index < -0.39 is 17.8 Å². The number of hydrogen-bond acceptors (Lipinski definition) is 2. The monoisotopic (exact) mass is 320 g/mol. The molecular weight excluding hydrogens is 312 g/mol. The highest BCUT2D eigenvalue weighted by Crippen LogP contribution is 2.37. The molecule has 0 saturated heterocycles. The lowest BCUT2D eigenvalue weighted by atomic mass is 9.96. The summed E-state index contributed by atoms with van der Waals surface area (Å²) in [7, 11) is 0. The zero-order valence-corrected chi connectivity index (χ0v) is 11.5. The lowest BCUT2D eigenvalue weighted by Gasteiger charge is -2.19. The van der Waals surface area contributed by atoms with Crippen molar-refractivity contribution in [3.05, 3.63) is 63.4 Å². The van der Waals surface area contributed by atoms with Crippen LogP contribution in [0.1, 0.15) is 22.7 Å². The molecule has 0 aliphatic rings. The summed E-state index contributed by atoms with van der Waals surface area (Å²) in [5.74, 6) is 0. The smallest absolute Gasteiger partial charge is 0.320 e. The summed E-state index contributed by atoms with van der Waals surface area (Å²) < 4.78 is 38.9. The predicted octanol–water partition coefficient (Wildman–Crippen LogP) is 4.46. The average molecular weight is 321 g/mol. The van der Waals surface area contributed by atoms with Gasteiger partial charge in [-0.15, -0.1) is 0 Å². The van der Waals surface area contributed by atoms with Crippen molar-refractivity contribution in [2.75, 3.05) is 0 Å². The molecule has 1 unspecified atom stereocenters. The van der Waals surface area contributed by atoms with E-state index in [1.807, 2.05) is 0 Å². The van der Waals surface area contributed by atoms with Gasteiger partial charge in [-0.1, -0.05) is 29.3 Å². The fourth-order valence-corrected chi connectivity index (χ4v) is 2.36. The van der Waals surface area contributed by atoms with Gasteiger partial charge in [0.1, 0.15) is 0 Å². The Balaban J connectivity index is 2.51. The summed E-state index contributed by atoms with van der Waals surface area (Å²) in [5, 5.41) is 0.593. The molecular formula is C13H9Cl2F3N2. The molecule has 0 saturated carbocycles. The van der Waals surface area contributed by atoms with Gasteiger partial charge in [0.05, 0.1) is 11.6 Å². The molecule has 1 aromatic carbocycles. The van der Waals surface area contributed by atoms with E-state index in [2.05, 4.69) is 4.98 Å². The summed E-state index contributed by atoms with van der Waals surface area (Å²) in [6.45, 7) is 0. The van der Waals surface area contributed by atoms with Crippen molar-refractivity contribution in [3.8, 4) is 0 Å². The maximum Gasteiger partial charge on any atom is 0.416 e. The Kier molecular flexibility index (Phi) is 4.22. The van der Waals surface area contributed by atoms with Crippen LogP contribution in [-0.4, -0.2) is 4.98 Å². The van der Waals surface area contributed by atoms with Gasteiger partial charge < -0.3 is 5.73 Å². The quantitative estimate of drug-likeness (QED) is 0.887. The molecule has 0 fully saturated rings. The van der Waals surface area contributed by atoms with Crippen molar-refractivity contribution >= 4 is 23.2 Å². The van der Waals surface area contributed by atoms with Gasteiger partial charge in [0.2, 0.25) is 0 Å². The topological polar surface area (TPSA) is 38.9 Å². The molecule has 2 rings (SSSR count). The van der Waals surface area contributed by atoms with Gasteiger partial charge in [-0.2, -0.15) is 13.2 Å². The summed E-state index contributed by atoms with van der Waals surface area (Å²) in [5.41, 5.74) is 5.29. The molecule has 0 radical (unpaired) electrons. The van der Waals surface area contributed by atoms with Gasteiger partial charge in [-0.05, 0) is 23.8 Å². The molecule has 2 nitrogen and oxygen atoms in total. The Morgan fingerprint density at radius 3 is 2.40 bits per heavy atom. The Labute approximate surface area is 123 Å². The van der Waals surface area contributed by atoms with E-state index >= 15 is 0 Å². The van der Waals surface area contributed by atoms with Crippen LogP contribution in [0, 0.1) is 0 Å². The molecule has 1 heterocycles. The van der Waals surface area contributed by atoms with E-state index in [1.165, 1.54) is 18.2 Å². The van der Waals surface area contributed by atoms with Crippen molar-refractivity contribution in [2.45, 2.75) is 12.2 Å². The van der Waals surface area contributed by atoms with Crippen LogP contribution >= 0.6 is 23.2 Å². The second-order valence-corrected chi connectivity index (χ2v) is 4.95. The third-order valence-corrected chi connectivity index (χ3v) is 3.35. The number of nitrogens with zero attached hydrogens (tertiary/aromatic N) is 1. The second-order valence-electron chi connectivity index (χ2n) is 4.10. The van der Waals surface area contributed by atoms with E-state index in [1.54, 1.807) is 0 Å². The molecule has 0 aliphatic carbocycles. The average Bonchev–Trinajstić information content (AvgIpc) is 2.37. The SMILES string of the molecule is NC(c1ccc(Cl)cc1Cl)c1cnccc1C(F)(F)F. The maximum atomic E-state index is 13.0. The van der Waals surface area contributed by atoms with Crippen LogP contribution < -0.4 is 5.73 Å². The first kappa shape index (κ1) is 15.1. The number of nitrogens with two attached hydrogens (primary N) is 1. The number of benzene rings is 1. The zero-order valence-electron chi connectivity index (χ0n) is 9.96. The summed E-state index contributed by atoms with van der Waals surface area (Å²) in [6, 6.07) is 4.31. The molecule has 106 valence electrons. The molecule has 0 bridgehead atoms. The van der Waals surface area contributed by atoms with E-state index in [-0.39, 0.29) is 10.6 Å². The second kappa shape index (κ2) is 5.60. The summed E-state index contributed by atoms with van der Waals surface area (Å²) in [4.78, 5) is 3.70. The molecule has 1 atom stereocenters. The van der Waals surface area contributed by atoms with E-state index in [4.69, 9.17) is 28.9 Å². The number of pyridine rings is 1. The van der Waals surface area contributed by atoms with Crippen molar-refractivity contribution in [1.29, 1.82) is 0 Å². The minimum absolute atomic E-state index is 0.135. The van der Waals surface area contributed by atoms with Gasteiger partial charge in [0.25, 0.3) is 0 Å². The third-order valence-electron chi connectivity index (χ3n) is 2.79. The molecule has 2 N–H and O–H groups in total. The molecule has 0 aliphatic heterocycles. The first-order chi connectivity index (χ1) is 9.30. The number of aromatic nitrogens is 1. The van der Waals surface area contributed by atoms with Gasteiger partial charge >= 0.3 is 6.18 Å². The highest BCUT2D eigenvalue weighted by atomic mass is 35.5. The van der Waals surface area contributed by atoms with Gasteiger partial charge in [0.15, 0.2) is 0 Å². The Morgan fingerprint density at radius 2 is 1.80 bits per heavy atom. The van der Waals surface area contributed by atoms with Crippen molar-refractivity contribution in [1.82, 2.24) is 4.98 Å². The first-order valence-electron chi connectivity index (χ1n) is 5.52. The van der Waals surface area contributed by atoms with Gasteiger partial charge in [-0.25, -0.2) is 0 Å². The number of rotatable bonds is 2. The van der Waals surface area contributed by atoms with Crippen molar-refractivity contribution < 1.29 is 13.2 Å². The Morgan fingerprint density at radius 1 is 1.10 bits per heavy atom. The fourth-order valence-electron chi connectivity index (χ4n) is 1.83. The molecule has 20 heavy (non-hydrogen) atoms. The molecule has 0 amide bonds. The van der Waals surface area contributed by atoms with Gasteiger partial charge in [0, 0.05) is 28.0 Å². The van der Waals surface area contributed by atoms with Crippen LogP contribution in [0.15, 0.2) is 36.7 Å². The van der Waals surface area contributed by atoms with Gasteiger partial charge in [-0.3, -0.25) is 4.98 Å². The van der Waals surface area contributed by atoms with E-state index in [0.29, 0.717) is 10.6 Å². The molecule has 1 aromatic heterocycles. The first-order valence-corrected chi connectivity index (χ1v) is 6.28. The fraction of sp³-hybridized carbons (Fsp3) is 0.154. The maximum absolute atomic E-state index is 13.0. The third kappa shape index (κ3) is 3.06. The standard InChI is InChI=1S/C13H9Cl2F3N2/c14-7-1-2-8(11(15)5-7)12(19)9-6-20-4-3-10(9)13(16,17)18/h1-6,12H,19H2. The van der Waals surface area contributed by atoms with Crippen molar-refractivity contribution in [2.24, 2.45) is 5.73 Å². The Hall–Kier alpha value is -1.30. The molecule has 7 heteroatoms. The predicted molar refractivity (Wildman–Crippen MR) is 71.7 cm³/mol. The lowest BCUT2D eigenvalue weighted by molar-refractivity contribution is -0.138. The normalized spacial score (nSPS) is 13.3. The zero-order chi connectivity index (χ0) is 14.9. The highest BCUT2D eigenvalue weighted by molar-refractivity contribution is 6.35. The number of alkyl halides is 3. The van der Waals surface area contributed by atoms with Crippen molar-refractivity contribution in [3.63, 3.8) is 0 Å². The molecule has 0 spiro atoms. The minimum atomic E-state index is -4.51. The van der Waals surface area contributed by atoms with E-state index in [9.17, 15) is 13.2 Å². The largest absolute Gasteiger partial charge is 0.416 e.